The van der Waals surface area contributed by atoms with Crippen molar-refractivity contribution in [1.29, 1.82) is 0 Å². The van der Waals surface area contributed by atoms with Crippen molar-refractivity contribution in [3.8, 4) is 5.75 Å². The van der Waals surface area contributed by atoms with Crippen molar-refractivity contribution in [3.63, 3.8) is 0 Å². The highest BCUT2D eigenvalue weighted by Crippen LogP contribution is 2.19. The maximum Gasteiger partial charge on any atom is 0.121 e. The summed E-state index contributed by atoms with van der Waals surface area (Å²) < 4.78 is 5.78. The Morgan fingerprint density at radius 1 is 1.44 bits per heavy atom. The van der Waals surface area contributed by atoms with Crippen LogP contribution in [-0.4, -0.2) is 29.7 Å². The molecule has 1 saturated heterocycles. The summed E-state index contributed by atoms with van der Waals surface area (Å²) in [6, 6.07) is 5.96. The molecule has 1 aliphatic rings. The first-order valence-corrected chi connectivity index (χ1v) is 5.68. The average molecular weight is 217 g/mol. The van der Waals surface area contributed by atoms with Crippen LogP contribution in [0.2, 0.25) is 0 Å². The average Bonchev–Trinajstić information content (AvgIpc) is 2.97. The van der Waals surface area contributed by atoms with E-state index in [1.807, 2.05) is 18.2 Å². The zero-order valence-electron chi connectivity index (χ0n) is 9.07. The summed E-state index contributed by atoms with van der Waals surface area (Å²) in [6.45, 7) is 2.99. The summed E-state index contributed by atoms with van der Waals surface area (Å²) in [6.07, 6.45) is 2.92. The number of rotatable bonds is 3. The quantitative estimate of drug-likeness (QED) is 0.820. The van der Waals surface area contributed by atoms with Crippen molar-refractivity contribution in [3.05, 3.63) is 24.5 Å². The molecule has 2 aromatic rings. The summed E-state index contributed by atoms with van der Waals surface area (Å²) in [5.74, 6) is 1.57. The van der Waals surface area contributed by atoms with Crippen molar-refractivity contribution in [2.75, 3.05) is 19.7 Å². The molecule has 1 aromatic heterocycles. The maximum atomic E-state index is 5.78. The molecule has 0 radical (unpaired) electrons. The normalized spacial score (nSPS) is 20.4. The third kappa shape index (κ3) is 1.88. The Morgan fingerprint density at radius 3 is 3.31 bits per heavy atom. The number of H-pyrrole nitrogens is 1. The molecule has 16 heavy (non-hydrogen) atoms. The number of aromatic nitrogens is 2. The fourth-order valence-electron chi connectivity index (χ4n) is 2.08. The molecule has 2 N–H and O–H groups in total. The van der Waals surface area contributed by atoms with Gasteiger partial charge >= 0.3 is 0 Å². The van der Waals surface area contributed by atoms with Crippen molar-refractivity contribution in [1.82, 2.24) is 15.3 Å². The molecular weight excluding hydrogens is 202 g/mol. The minimum Gasteiger partial charge on any atom is -0.493 e. The predicted molar refractivity (Wildman–Crippen MR) is 62.6 cm³/mol. The lowest BCUT2D eigenvalue weighted by Gasteiger charge is -2.10. The van der Waals surface area contributed by atoms with E-state index < -0.39 is 0 Å². The highest BCUT2D eigenvalue weighted by Gasteiger charge is 2.14. The third-order valence-electron chi connectivity index (χ3n) is 3.04. The molecule has 3 rings (SSSR count). The number of nitrogens with one attached hydrogen (secondary N) is 2. The Labute approximate surface area is 94.0 Å². The molecule has 1 aromatic carbocycles. The molecule has 0 saturated carbocycles. The number of imidazole rings is 1. The Hall–Kier alpha value is -1.55. The lowest BCUT2D eigenvalue weighted by atomic mass is 10.1. The minimum atomic E-state index is 0.650. The Kier molecular flexibility index (Phi) is 2.50. The molecule has 0 bridgehead atoms. The molecule has 1 aliphatic heterocycles. The van der Waals surface area contributed by atoms with Crippen molar-refractivity contribution < 1.29 is 4.74 Å². The molecule has 1 atom stereocenters. The molecule has 84 valence electrons. The number of hydrogen-bond donors (Lipinski definition) is 2. The number of fused-ring (bicyclic) bond motifs is 1. The fraction of sp³-hybridized carbons (Fsp3) is 0.417. The smallest absolute Gasteiger partial charge is 0.121 e. The van der Waals surface area contributed by atoms with Gasteiger partial charge in [0.15, 0.2) is 0 Å². The van der Waals surface area contributed by atoms with Crippen molar-refractivity contribution in [2.45, 2.75) is 6.42 Å². The zero-order chi connectivity index (χ0) is 10.8. The summed E-state index contributed by atoms with van der Waals surface area (Å²) in [4.78, 5) is 7.26. The van der Waals surface area contributed by atoms with Gasteiger partial charge in [-0.25, -0.2) is 4.98 Å². The van der Waals surface area contributed by atoms with Gasteiger partial charge in [0.25, 0.3) is 0 Å². The van der Waals surface area contributed by atoms with E-state index in [-0.39, 0.29) is 0 Å². The second-order valence-electron chi connectivity index (χ2n) is 4.25. The summed E-state index contributed by atoms with van der Waals surface area (Å²) in [5.41, 5.74) is 2.01. The van der Waals surface area contributed by atoms with E-state index in [1.165, 1.54) is 6.42 Å². The van der Waals surface area contributed by atoms with E-state index in [4.69, 9.17) is 4.74 Å². The van der Waals surface area contributed by atoms with Crippen LogP contribution in [0.4, 0.5) is 0 Å². The number of benzene rings is 1. The van der Waals surface area contributed by atoms with E-state index in [0.717, 1.165) is 36.5 Å². The molecule has 0 aliphatic carbocycles. The first-order valence-electron chi connectivity index (χ1n) is 5.68. The monoisotopic (exact) mass is 217 g/mol. The van der Waals surface area contributed by atoms with Gasteiger partial charge in [-0.3, -0.25) is 0 Å². The lowest BCUT2D eigenvalue weighted by Crippen LogP contribution is -2.15. The first-order chi connectivity index (χ1) is 7.92. The highest BCUT2D eigenvalue weighted by atomic mass is 16.5. The van der Waals surface area contributed by atoms with Gasteiger partial charge in [-0.15, -0.1) is 0 Å². The van der Waals surface area contributed by atoms with E-state index in [9.17, 15) is 0 Å². The van der Waals surface area contributed by atoms with Crippen LogP contribution in [0.15, 0.2) is 24.5 Å². The second-order valence-corrected chi connectivity index (χ2v) is 4.25. The van der Waals surface area contributed by atoms with Crippen LogP contribution >= 0.6 is 0 Å². The summed E-state index contributed by atoms with van der Waals surface area (Å²) >= 11 is 0. The van der Waals surface area contributed by atoms with Crippen molar-refractivity contribution >= 4 is 11.0 Å². The molecule has 2 heterocycles. The largest absolute Gasteiger partial charge is 0.493 e. The molecule has 0 amide bonds. The van der Waals surface area contributed by atoms with Gasteiger partial charge in [0, 0.05) is 18.5 Å². The number of aromatic amines is 1. The van der Waals surface area contributed by atoms with Crippen LogP contribution in [0.1, 0.15) is 6.42 Å². The van der Waals surface area contributed by atoms with Crippen LogP contribution in [0.3, 0.4) is 0 Å². The molecule has 0 spiro atoms. The number of nitrogens with zero attached hydrogens (tertiary/aromatic N) is 1. The van der Waals surface area contributed by atoms with E-state index in [2.05, 4.69) is 15.3 Å². The molecule has 4 nitrogen and oxygen atoms in total. The van der Waals surface area contributed by atoms with Crippen LogP contribution in [-0.2, 0) is 0 Å². The Bertz CT molecular complexity index is 474. The molecule has 1 fully saturated rings. The predicted octanol–water partition coefficient (Wildman–Crippen LogP) is 1.55. The second kappa shape index (κ2) is 4.14. The minimum absolute atomic E-state index is 0.650. The topological polar surface area (TPSA) is 49.9 Å². The molecule has 4 heteroatoms. The standard InChI is InChI=1S/C12H15N3O/c1-2-11-12(15-8-14-11)5-10(1)16-7-9-3-4-13-6-9/h1-2,5,8-9,13H,3-4,6-7H2,(H,14,15). The van der Waals surface area contributed by atoms with Gasteiger partial charge in [-0.05, 0) is 25.1 Å². The highest BCUT2D eigenvalue weighted by molar-refractivity contribution is 5.75. The van der Waals surface area contributed by atoms with E-state index >= 15 is 0 Å². The Morgan fingerprint density at radius 2 is 2.44 bits per heavy atom. The number of hydrogen-bond acceptors (Lipinski definition) is 3. The summed E-state index contributed by atoms with van der Waals surface area (Å²) in [5, 5.41) is 3.34. The third-order valence-corrected chi connectivity index (χ3v) is 3.04. The fourth-order valence-corrected chi connectivity index (χ4v) is 2.08. The van der Waals surface area contributed by atoms with Gasteiger partial charge in [-0.2, -0.15) is 0 Å². The van der Waals surface area contributed by atoms with Gasteiger partial charge in [-0.1, -0.05) is 0 Å². The lowest BCUT2D eigenvalue weighted by molar-refractivity contribution is 0.260. The van der Waals surface area contributed by atoms with Crippen LogP contribution in [0.25, 0.3) is 11.0 Å². The van der Waals surface area contributed by atoms with Gasteiger partial charge in [0.05, 0.1) is 24.0 Å². The SMILES string of the molecule is c1nc2ccc(OCC3CCNC3)cc2[nH]1. The molecular formula is C12H15N3O. The van der Waals surface area contributed by atoms with Gasteiger partial charge in [0.1, 0.15) is 5.75 Å². The Balaban J connectivity index is 1.68. The molecule has 1 unspecified atom stereocenters. The van der Waals surface area contributed by atoms with E-state index in [1.54, 1.807) is 6.33 Å². The van der Waals surface area contributed by atoms with Crippen LogP contribution in [0.5, 0.6) is 5.75 Å². The summed E-state index contributed by atoms with van der Waals surface area (Å²) in [7, 11) is 0. The van der Waals surface area contributed by atoms with Gasteiger partial charge < -0.3 is 15.0 Å². The zero-order valence-corrected chi connectivity index (χ0v) is 9.07. The maximum absolute atomic E-state index is 5.78. The number of ether oxygens (including phenoxy) is 1. The van der Waals surface area contributed by atoms with E-state index in [0.29, 0.717) is 5.92 Å². The van der Waals surface area contributed by atoms with Crippen molar-refractivity contribution in [2.24, 2.45) is 5.92 Å². The first kappa shape index (κ1) is 9.66. The van der Waals surface area contributed by atoms with Crippen LogP contribution in [0, 0.1) is 5.92 Å². The van der Waals surface area contributed by atoms with Crippen LogP contribution < -0.4 is 10.1 Å². The van der Waals surface area contributed by atoms with Gasteiger partial charge in [0.2, 0.25) is 0 Å².